The van der Waals surface area contributed by atoms with Crippen molar-refractivity contribution in [3.8, 4) is 0 Å². The summed E-state index contributed by atoms with van der Waals surface area (Å²) in [5.41, 5.74) is 1.33. The normalized spacial score (nSPS) is 13.1. The van der Waals surface area contributed by atoms with Crippen LogP contribution in [0.4, 0.5) is 0 Å². The topological polar surface area (TPSA) is 12.0 Å². The Labute approximate surface area is 101 Å². The van der Waals surface area contributed by atoms with Gasteiger partial charge in [-0.05, 0) is 36.1 Å². The molecule has 0 fully saturated rings. The lowest BCUT2D eigenvalue weighted by atomic mass is 9.98. The van der Waals surface area contributed by atoms with Crippen molar-refractivity contribution in [1.29, 1.82) is 0 Å². The smallest absolute Gasteiger partial charge is 0.0206 e. The molecule has 1 unspecified atom stereocenters. The fraction of sp³-hybridized carbons (Fsp3) is 0.538. The lowest BCUT2D eigenvalue weighted by Crippen LogP contribution is -2.23. The van der Waals surface area contributed by atoms with Crippen molar-refractivity contribution in [3.05, 3.63) is 34.3 Å². The first-order valence-corrected chi connectivity index (χ1v) is 6.34. The van der Waals surface area contributed by atoms with Gasteiger partial charge in [0.1, 0.15) is 0 Å². The van der Waals surface area contributed by atoms with Crippen LogP contribution in [0.15, 0.2) is 28.7 Å². The number of halogens is 1. The zero-order chi connectivity index (χ0) is 11.3. The van der Waals surface area contributed by atoms with E-state index in [0.29, 0.717) is 0 Å². The van der Waals surface area contributed by atoms with Crippen molar-refractivity contribution in [2.45, 2.75) is 27.3 Å². The molecule has 1 aromatic rings. The summed E-state index contributed by atoms with van der Waals surface area (Å²) in [5, 5.41) is 3.49. The number of hydrogen-bond acceptors (Lipinski definition) is 1. The van der Waals surface area contributed by atoms with Gasteiger partial charge in [0.25, 0.3) is 0 Å². The summed E-state index contributed by atoms with van der Waals surface area (Å²) in [4.78, 5) is 0. The van der Waals surface area contributed by atoms with Crippen LogP contribution in [0, 0.1) is 11.8 Å². The zero-order valence-electron chi connectivity index (χ0n) is 9.76. The molecule has 1 N–H and O–H groups in total. The molecular formula is C13H20BrN. The molecule has 0 saturated heterocycles. The van der Waals surface area contributed by atoms with Gasteiger partial charge in [-0.3, -0.25) is 0 Å². The predicted molar refractivity (Wildman–Crippen MR) is 69.9 cm³/mol. The highest BCUT2D eigenvalue weighted by molar-refractivity contribution is 9.10. The molecule has 1 rings (SSSR count). The fourth-order valence-corrected chi connectivity index (χ4v) is 1.77. The maximum Gasteiger partial charge on any atom is 0.0206 e. The highest BCUT2D eigenvalue weighted by Crippen LogP contribution is 2.12. The molecule has 0 saturated carbocycles. The van der Waals surface area contributed by atoms with Crippen LogP contribution < -0.4 is 5.32 Å². The van der Waals surface area contributed by atoms with Gasteiger partial charge in [-0.1, -0.05) is 48.8 Å². The second kappa shape index (κ2) is 6.29. The van der Waals surface area contributed by atoms with Gasteiger partial charge in [0.15, 0.2) is 0 Å². The second-order valence-electron chi connectivity index (χ2n) is 4.48. The highest BCUT2D eigenvalue weighted by atomic mass is 79.9. The van der Waals surface area contributed by atoms with Gasteiger partial charge >= 0.3 is 0 Å². The first kappa shape index (κ1) is 12.7. The largest absolute Gasteiger partial charge is 0.312 e. The summed E-state index contributed by atoms with van der Waals surface area (Å²) in [6, 6.07) is 8.44. The van der Waals surface area contributed by atoms with Gasteiger partial charge in [0, 0.05) is 11.0 Å². The molecule has 84 valence electrons. The van der Waals surface area contributed by atoms with Crippen molar-refractivity contribution >= 4 is 15.9 Å². The van der Waals surface area contributed by atoms with E-state index in [1.807, 2.05) is 0 Å². The molecule has 0 spiro atoms. The number of hydrogen-bond donors (Lipinski definition) is 1. The molecule has 0 aliphatic heterocycles. The Bertz CT molecular complexity index is 296. The Balaban J connectivity index is 2.32. The van der Waals surface area contributed by atoms with Crippen molar-refractivity contribution in [2.24, 2.45) is 11.8 Å². The molecule has 1 aromatic carbocycles. The molecule has 0 bridgehead atoms. The summed E-state index contributed by atoms with van der Waals surface area (Å²) in [5.74, 6) is 1.48. The van der Waals surface area contributed by atoms with Crippen molar-refractivity contribution in [1.82, 2.24) is 5.32 Å². The van der Waals surface area contributed by atoms with E-state index in [1.165, 1.54) is 5.56 Å². The van der Waals surface area contributed by atoms with Crippen molar-refractivity contribution in [3.63, 3.8) is 0 Å². The number of benzene rings is 1. The molecule has 0 aromatic heterocycles. The quantitative estimate of drug-likeness (QED) is 0.857. The predicted octanol–water partition coefficient (Wildman–Crippen LogP) is 3.83. The Morgan fingerprint density at radius 1 is 1.27 bits per heavy atom. The molecule has 2 heteroatoms. The highest BCUT2D eigenvalue weighted by Gasteiger charge is 2.05. The summed E-state index contributed by atoms with van der Waals surface area (Å²) < 4.78 is 1.15. The van der Waals surface area contributed by atoms with E-state index in [4.69, 9.17) is 0 Å². The van der Waals surface area contributed by atoms with Gasteiger partial charge in [-0.25, -0.2) is 0 Å². The van der Waals surface area contributed by atoms with E-state index in [0.717, 1.165) is 29.4 Å². The molecule has 1 atom stereocenters. The van der Waals surface area contributed by atoms with Gasteiger partial charge in [-0.2, -0.15) is 0 Å². The molecular weight excluding hydrogens is 250 g/mol. The first-order valence-electron chi connectivity index (χ1n) is 5.54. The van der Waals surface area contributed by atoms with E-state index in [-0.39, 0.29) is 0 Å². The monoisotopic (exact) mass is 269 g/mol. The third-order valence-corrected chi connectivity index (χ3v) is 3.32. The number of rotatable bonds is 5. The Kier molecular flexibility index (Phi) is 5.34. The minimum Gasteiger partial charge on any atom is -0.312 e. The fourth-order valence-electron chi connectivity index (χ4n) is 1.33. The van der Waals surface area contributed by atoms with Gasteiger partial charge in [-0.15, -0.1) is 0 Å². The van der Waals surface area contributed by atoms with Crippen LogP contribution in [0.25, 0.3) is 0 Å². The third-order valence-electron chi connectivity index (χ3n) is 2.82. The first-order chi connectivity index (χ1) is 7.09. The van der Waals surface area contributed by atoms with Crippen molar-refractivity contribution < 1.29 is 0 Å². The van der Waals surface area contributed by atoms with Crippen LogP contribution in [-0.2, 0) is 6.54 Å². The SMILES string of the molecule is CC(C)C(C)CNCc1cccc(Br)c1. The van der Waals surface area contributed by atoms with Crippen LogP contribution >= 0.6 is 15.9 Å². The molecule has 0 radical (unpaired) electrons. The second-order valence-corrected chi connectivity index (χ2v) is 5.40. The summed E-state index contributed by atoms with van der Waals surface area (Å²) >= 11 is 3.48. The van der Waals surface area contributed by atoms with Crippen LogP contribution in [0.3, 0.4) is 0 Å². The van der Waals surface area contributed by atoms with E-state index in [2.05, 4.69) is 66.3 Å². The summed E-state index contributed by atoms with van der Waals surface area (Å²) in [6.45, 7) is 8.87. The maximum atomic E-state index is 3.49. The molecule has 15 heavy (non-hydrogen) atoms. The average molecular weight is 270 g/mol. The Hall–Kier alpha value is -0.340. The summed E-state index contributed by atoms with van der Waals surface area (Å²) in [7, 11) is 0. The van der Waals surface area contributed by atoms with Crippen molar-refractivity contribution in [2.75, 3.05) is 6.54 Å². The van der Waals surface area contributed by atoms with Gasteiger partial charge in [0.05, 0.1) is 0 Å². The molecule has 0 aliphatic rings. The van der Waals surface area contributed by atoms with Crippen LogP contribution in [0.5, 0.6) is 0 Å². The van der Waals surface area contributed by atoms with E-state index in [9.17, 15) is 0 Å². The van der Waals surface area contributed by atoms with Gasteiger partial charge in [0.2, 0.25) is 0 Å². The Morgan fingerprint density at radius 2 is 2.00 bits per heavy atom. The van der Waals surface area contributed by atoms with Crippen LogP contribution in [0.2, 0.25) is 0 Å². The van der Waals surface area contributed by atoms with Gasteiger partial charge < -0.3 is 5.32 Å². The molecule has 1 nitrogen and oxygen atoms in total. The standard InChI is InChI=1S/C13H20BrN/c1-10(2)11(3)8-15-9-12-5-4-6-13(14)7-12/h4-7,10-11,15H,8-9H2,1-3H3. The van der Waals surface area contributed by atoms with Crippen LogP contribution in [-0.4, -0.2) is 6.54 Å². The van der Waals surface area contributed by atoms with E-state index >= 15 is 0 Å². The maximum absolute atomic E-state index is 3.49. The summed E-state index contributed by atoms with van der Waals surface area (Å²) in [6.07, 6.45) is 0. The zero-order valence-corrected chi connectivity index (χ0v) is 11.3. The minimum absolute atomic E-state index is 0.733. The Morgan fingerprint density at radius 3 is 2.60 bits per heavy atom. The lowest BCUT2D eigenvalue weighted by molar-refractivity contribution is 0.392. The average Bonchev–Trinajstić information content (AvgIpc) is 2.17. The molecule has 0 heterocycles. The molecule has 0 amide bonds. The third kappa shape index (κ3) is 4.80. The minimum atomic E-state index is 0.733. The molecule has 0 aliphatic carbocycles. The van der Waals surface area contributed by atoms with E-state index in [1.54, 1.807) is 0 Å². The van der Waals surface area contributed by atoms with E-state index < -0.39 is 0 Å². The number of nitrogens with one attached hydrogen (secondary N) is 1. The lowest BCUT2D eigenvalue weighted by Gasteiger charge is -2.16. The van der Waals surface area contributed by atoms with Crippen LogP contribution in [0.1, 0.15) is 26.3 Å².